The summed E-state index contributed by atoms with van der Waals surface area (Å²) < 4.78 is 88.0. The Morgan fingerprint density at radius 1 is 0.312 bits per heavy atom. The van der Waals surface area contributed by atoms with Crippen LogP contribution in [0.25, 0.3) is 118 Å². The summed E-state index contributed by atoms with van der Waals surface area (Å²) in [6.45, 7) is 3.26. The van der Waals surface area contributed by atoms with E-state index in [0.29, 0.717) is 95.0 Å². The summed E-state index contributed by atoms with van der Waals surface area (Å²) in [6, 6.07) is 68.3. The van der Waals surface area contributed by atoms with E-state index >= 15 is 0 Å². The second kappa shape index (κ2) is 19.3. The van der Waals surface area contributed by atoms with Gasteiger partial charge in [0.2, 0.25) is 0 Å². The van der Waals surface area contributed by atoms with Gasteiger partial charge in [0.25, 0.3) is 0 Å². The lowest BCUT2D eigenvalue weighted by Gasteiger charge is -2.17. The molecule has 0 unspecified atom stereocenters. The summed E-state index contributed by atoms with van der Waals surface area (Å²) in [4.78, 5) is 20.8. The number of aromatic nitrogens is 5. The van der Waals surface area contributed by atoms with Crippen LogP contribution in [0.2, 0.25) is 0 Å². The topological polar surface area (TPSA) is 56.5 Å². The highest BCUT2D eigenvalue weighted by molar-refractivity contribution is 6.12. The Bertz CT molecular complexity index is 3960. The van der Waals surface area contributed by atoms with Crippen molar-refractivity contribution in [3.8, 4) is 95.7 Å². The van der Waals surface area contributed by atoms with Gasteiger partial charge in [-0.3, -0.25) is 0 Å². The van der Waals surface area contributed by atoms with E-state index in [2.05, 4.69) is 4.57 Å². The third-order valence-electron chi connectivity index (χ3n) is 13.7. The van der Waals surface area contributed by atoms with Crippen LogP contribution < -0.4 is 0 Å². The zero-order valence-corrected chi connectivity index (χ0v) is 41.4. The number of hydrogen-bond donors (Lipinski definition) is 0. The van der Waals surface area contributed by atoms with Gasteiger partial charge in [0, 0.05) is 44.2 Å². The minimum Gasteiger partial charge on any atom is -0.309 e. The molecule has 12 rings (SSSR count). The second-order valence-electron chi connectivity index (χ2n) is 19.1. The smallest absolute Gasteiger partial charge is 0.309 e. The fourth-order valence-electron chi connectivity index (χ4n) is 10.1. The van der Waals surface area contributed by atoms with Gasteiger partial charge in [-0.05, 0) is 126 Å². The van der Waals surface area contributed by atoms with Gasteiger partial charge >= 0.3 is 12.4 Å². The molecule has 0 aliphatic heterocycles. The highest BCUT2D eigenvalue weighted by Gasteiger charge is 2.32. The Balaban J connectivity index is 1.15. The maximum Gasteiger partial charge on any atom is 0.416 e. The van der Waals surface area contributed by atoms with Crippen molar-refractivity contribution >= 4 is 21.8 Å². The molecule has 0 radical (unpaired) electrons. The van der Waals surface area contributed by atoms with E-state index < -0.39 is 23.5 Å². The lowest BCUT2D eigenvalue weighted by Crippen LogP contribution is -2.05. The molecule has 9 aromatic carbocycles. The number of aryl methyl sites for hydroxylation is 2. The molecule has 0 amide bonds. The first-order chi connectivity index (χ1) is 37.2. The number of rotatable bonds is 9. The van der Waals surface area contributed by atoms with Crippen LogP contribution in [0.5, 0.6) is 0 Å². The number of alkyl halides is 6. The molecule has 0 N–H and O–H groups in total. The van der Waals surface area contributed by atoms with Gasteiger partial charge in [0.1, 0.15) is 0 Å². The van der Waals surface area contributed by atoms with Gasteiger partial charge < -0.3 is 4.57 Å². The Morgan fingerprint density at radius 2 is 0.688 bits per heavy atom. The lowest BCUT2D eigenvalue weighted by molar-refractivity contribution is -0.138. The van der Waals surface area contributed by atoms with Crippen LogP contribution in [-0.4, -0.2) is 24.5 Å². The molecule has 0 fully saturated rings. The minimum atomic E-state index is -4.58. The predicted molar refractivity (Wildman–Crippen MR) is 295 cm³/mol. The fraction of sp³-hybridized carbons (Fsp3) is 0.0606. The quantitative estimate of drug-likeness (QED) is 0.135. The van der Waals surface area contributed by atoms with E-state index in [1.807, 2.05) is 176 Å². The van der Waals surface area contributed by atoms with E-state index in [9.17, 15) is 26.3 Å². The van der Waals surface area contributed by atoms with E-state index in [1.54, 1.807) is 38.1 Å². The number of nitrogens with zero attached hydrogens (tertiary/aromatic N) is 5. The highest BCUT2D eigenvalue weighted by Crippen LogP contribution is 2.43. The first-order valence-electron chi connectivity index (χ1n) is 24.8. The average Bonchev–Trinajstić information content (AvgIpc) is 3.99. The largest absolute Gasteiger partial charge is 0.416 e. The molecule has 374 valence electrons. The molecule has 12 aromatic rings. The molecular formula is C66H43F6N5. The Hall–Kier alpha value is -9.48. The summed E-state index contributed by atoms with van der Waals surface area (Å²) in [6.07, 6.45) is -9.17. The molecular weight excluding hydrogens is 977 g/mol. The van der Waals surface area contributed by atoms with Crippen molar-refractivity contribution in [2.75, 3.05) is 0 Å². The van der Waals surface area contributed by atoms with Crippen LogP contribution >= 0.6 is 0 Å². The molecule has 0 spiro atoms. The molecule has 77 heavy (non-hydrogen) atoms. The van der Waals surface area contributed by atoms with Crippen molar-refractivity contribution in [3.05, 3.63) is 247 Å². The van der Waals surface area contributed by atoms with Gasteiger partial charge in [-0.1, -0.05) is 146 Å². The SMILES string of the molecule is Cc1cc(-c2ccc3c(c2)c2cc(-c4cc(C)cc(C(F)(F)F)c4)ccc2n3-c2ccc(-c3nc(-c4ccccc4)cc(-c4ccccc4)n3)cc2-c2cc(-c3ccccc3)nc(-c3ccccc3)n2)cc(C(F)(F)F)c1. The molecule has 0 saturated heterocycles. The standard InChI is InChI=1S/C66H43F6N5/c1-40-29-49(33-51(31-40)65(67,68)69)46-23-26-60-53(35-46)54-36-47(50-30-41(2)32-52(34-50)66(70,71)72)24-27-61(54)77(60)62-28-25-48(64-74-56(42-15-7-3-8-16-42)38-57(75-64)43-17-9-4-10-18-43)37-55(62)59-39-58(44-19-11-5-12-20-44)73-63(76-59)45-21-13-6-14-22-45/h3-39H,1-2H3. The Labute approximate surface area is 439 Å². The molecule has 5 nitrogen and oxygen atoms in total. The third kappa shape index (κ3) is 9.64. The minimum absolute atomic E-state index is 0.366. The van der Waals surface area contributed by atoms with Crippen molar-refractivity contribution in [3.63, 3.8) is 0 Å². The first-order valence-corrected chi connectivity index (χ1v) is 24.8. The Kier molecular flexibility index (Phi) is 12.2. The Morgan fingerprint density at radius 3 is 1.12 bits per heavy atom. The van der Waals surface area contributed by atoms with Gasteiger partial charge in [0.05, 0.1) is 50.6 Å². The fourth-order valence-corrected chi connectivity index (χ4v) is 10.1. The molecule has 0 bridgehead atoms. The zero-order chi connectivity index (χ0) is 53.0. The predicted octanol–water partition coefficient (Wildman–Crippen LogP) is 18.4. The molecule has 0 saturated carbocycles. The van der Waals surface area contributed by atoms with Crippen molar-refractivity contribution < 1.29 is 26.3 Å². The van der Waals surface area contributed by atoms with Gasteiger partial charge in [-0.15, -0.1) is 0 Å². The van der Waals surface area contributed by atoms with Crippen LogP contribution in [0.3, 0.4) is 0 Å². The summed E-state index contributed by atoms with van der Waals surface area (Å²) in [5, 5.41) is 1.33. The average molecular weight is 1020 g/mol. The zero-order valence-electron chi connectivity index (χ0n) is 41.4. The maximum absolute atomic E-state index is 14.3. The molecule has 3 heterocycles. The summed E-state index contributed by atoms with van der Waals surface area (Å²) in [5.74, 6) is 0.944. The van der Waals surface area contributed by atoms with Crippen molar-refractivity contribution in [1.82, 2.24) is 24.5 Å². The molecule has 0 aliphatic rings. The second-order valence-corrected chi connectivity index (χ2v) is 19.1. The molecule has 0 atom stereocenters. The van der Waals surface area contributed by atoms with Crippen LogP contribution in [0.4, 0.5) is 26.3 Å². The number of benzene rings is 9. The molecule has 0 aliphatic carbocycles. The van der Waals surface area contributed by atoms with Gasteiger partial charge in [0.15, 0.2) is 11.6 Å². The number of hydrogen-bond acceptors (Lipinski definition) is 4. The highest BCUT2D eigenvalue weighted by atomic mass is 19.4. The van der Waals surface area contributed by atoms with Gasteiger partial charge in [-0.2, -0.15) is 26.3 Å². The van der Waals surface area contributed by atoms with Crippen molar-refractivity contribution in [1.29, 1.82) is 0 Å². The lowest BCUT2D eigenvalue weighted by atomic mass is 9.96. The van der Waals surface area contributed by atoms with Crippen LogP contribution in [-0.2, 0) is 12.4 Å². The van der Waals surface area contributed by atoms with Crippen molar-refractivity contribution in [2.24, 2.45) is 0 Å². The molecule has 11 heteroatoms. The van der Waals surface area contributed by atoms with E-state index in [0.717, 1.165) is 57.9 Å². The maximum atomic E-state index is 14.3. The first kappa shape index (κ1) is 48.5. The monoisotopic (exact) mass is 1020 g/mol. The van der Waals surface area contributed by atoms with E-state index in [-0.39, 0.29) is 0 Å². The summed E-state index contributed by atoms with van der Waals surface area (Å²) in [5.41, 5.74) is 10.7. The van der Waals surface area contributed by atoms with Crippen molar-refractivity contribution in [2.45, 2.75) is 26.2 Å². The summed E-state index contributed by atoms with van der Waals surface area (Å²) in [7, 11) is 0. The van der Waals surface area contributed by atoms with Crippen LogP contribution in [0, 0.1) is 13.8 Å². The summed E-state index contributed by atoms with van der Waals surface area (Å²) >= 11 is 0. The van der Waals surface area contributed by atoms with E-state index in [1.165, 1.54) is 0 Å². The molecule has 3 aromatic heterocycles. The number of fused-ring (bicyclic) bond motifs is 3. The number of halogens is 6. The van der Waals surface area contributed by atoms with Crippen LogP contribution in [0.15, 0.2) is 224 Å². The normalized spacial score (nSPS) is 11.9. The van der Waals surface area contributed by atoms with Gasteiger partial charge in [-0.25, -0.2) is 19.9 Å². The third-order valence-corrected chi connectivity index (χ3v) is 13.7. The van der Waals surface area contributed by atoms with Crippen LogP contribution in [0.1, 0.15) is 22.3 Å². The van der Waals surface area contributed by atoms with E-state index in [4.69, 9.17) is 19.9 Å².